The van der Waals surface area contributed by atoms with Crippen LogP contribution in [0.2, 0.25) is 0 Å². The molecule has 0 N–H and O–H groups in total. The molecular formula is C20H26F3N. The van der Waals surface area contributed by atoms with Crippen molar-refractivity contribution in [3.63, 3.8) is 0 Å². The molecule has 2 aliphatic rings. The van der Waals surface area contributed by atoms with Crippen LogP contribution >= 0.6 is 0 Å². The van der Waals surface area contributed by atoms with E-state index in [2.05, 4.69) is 11.8 Å². The molecule has 1 aromatic carbocycles. The zero-order valence-electron chi connectivity index (χ0n) is 14.7. The summed E-state index contributed by atoms with van der Waals surface area (Å²) in [6.07, 6.45) is -1.63. The maximum atomic E-state index is 13.6. The van der Waals surface area contributed by atoms with Crippen LogP contribution in [0.15, 0.2) is 42.0 Å². The van der Waals surface area contributed by atoms with Crippen LogP contribution in [-0.4, -0.2) is 30.7 Å². The second-order valence-electron chi connectivity index (χ2n) is 7.95. The quantitative estimate of drug-likeness (QED) is 0.672. The van der Waals surface area contributed by atoms with Crippen LogP contribution < -0.4 is 0 Å². The first-order valence-corrected chi connectivity index (χ1v) is 8.76. The van der Waals surface area contributed by atoms with Crippen molar-refractivity contribution in [2.45, 2.75) is 45.2 Å². The summed E-state index contributed by atoms with van der Waals surface area (Å²) < 4.78 is 40.9. The maximum absolute atomic E-state index is 13.6. The highest BCUT2D eigenvalue weighted by Gasteiger charge is 2.55. The molecule has 1 saturated heterocycles. The lowest BCUT2D eigenvalue weighted by Gasteiger charge is -2.56. The van der Waals surface area contributed by atoms with Crippen LogP contribution in [0.1, 0.15) is 39.2 Å². The van der Waals surface area contributed by atoms with Gasteiger partial charge in [0.2, 0.25) is 0 Å². The molecule has 4 heteroatoms. The van der Waals surface area contributed by atoms with Gasteiger partial charge in [-0.2, -0.15) is 13.2 Å². The van der Waals surface area contributed by atoms with Crippen molar-refractivity contribution in [1.29, 1.82) is 0 Å². The molecule has 0 saturated carbocycles. The fourth-order valence-electron chi connectivity index (χ4n) is 4.91. The lowest BCUT2D eigenvalue weighted by molar-refractivity contribution is -0.106. The van der Waals surface area contributed by atoms with Crippen molar-refractivity contribution in [3.05, 3.63) is 47.5 Å². The molecular weight excluding hydrogens is 311 g/mol. The van der Waals surface area contributed by atoms with Crippen LogP contribution in [0.5, 0.6) is 0 Å². The summed E-state index contributed by atoms with van der Waals surface area (Å²) >= 11 is 0. The smallest absolute Gasteiger partial charge is 0.302 e. The van der Waals surface area contributed by atoms with Crippen LogP contribution in [0.25, 0.3) is 0 Å². The van der Waals surface area contributed by atoms with E-state index in [0.717, 1.165) is 25.1 Å². The molecule has 0 unspecified atom stereocenters. The van der Waals surface area contributed by atoms with Crippen molar-refractivity contribution in [2.24, 2.45) is 11.3 Å². The van der Waals surface area contributed by atoms with E-state index in [-0.39, 0.29) is 23.3 Å². The summed E-state index contributed by atoms with van der Waals surface area (Å²) in [6.45, 7) is 8.61. The van der Waals surface area contributed by atoms with Crippen molar-refractivity contribution >= 4 is 0 Å². The Bertz CT molecular complexity index is 618. The highest BCUT2D eigenvalue weighted by molar-refractivity contribution is 5.40. The third kappa shape index (κ3) is 2.90. The Morgan fingerprint density at radius 1 is 1.17 bits per heavy atom. The van der Waals surface area contributed by atoms with E-state index >= 15 is 0 Å². The number of allylic oxidation sites excluding steroid dienone is 1. The number of fused-ring (bicyclic) bond motifs is 1. The summed E-state index contributed by atoms with van der Waals surface area (Å²) in [5.74, 6) is 0.223. The topological polar surface area (TPSA) is 3.24 Å². The first-order valence-electron chi connectivity index (χ1n) is 8.76. The molecule has 3 rings (SSSR count). The van der Waals surface area contributed by atoms with E-state index < -0.39 is 11.6 Å². The number of halogens is 3. The molecule has 24 heavy (non-hydrogen) atoms. The molecule has 1 heterocycles. The number of alkyl halides is 3. The Hall–Kier alpha value is -1.29. The number of piperidine rings is 1. The normalized spacial score (nSPS) is 30.6. The third-order valence-electron chi connectivity index (χ3n) is 5.98. The number of likely N-dealkylation sites (N-methyl/N-ethyl adjacent to an activating group) is 1. The highest BCUT2D eigenvalue weighted by atomic mass is 19.4. The Labute approximate surface area is 142 Å². The van der Waals surface area contributed by atoms with E-state index in [0.29, 0.717) is 6.54 Å². The molecule has 0 radical (unpaired) electrons. The molecule has 0 bridgehead atoms. The molecule has 2 atom stereocenters. The lowest BCUT2D eigenvalue weighted by atomic mass is 9.52. The second-order valence-corrected chi connectivity index (χ2v) is 7.95. The van der Waals surface area contributed by atoms with Gasteiger partial charge in [-0.3, -0.25) is 0 Å². The summed E-state index contributed by atoms with van der Waals surface area (Å²) in [6, 6.07) is 9.80. The molecule has 0 aromatic heterocycles. The average molecular weight is 337 g/mol. The minimum absolute atomic E-state index is 0.113. The number of likely N-dealkylation sites (tertiary alicyclic amines) is 1. The van der Waals surface area contributed by atoms with Gasteiger partial charge >= 0.3 is 6.18 Å². The number of rotatable bonds is 2. The van der Waals surface area contributed by atoms with E-state index in [9.17, 15) is 13.2 Å². The van der Waals surface area contributed by atoms with Gasteiger partial charge in [0.05, 0.1) is 0 Å². The average Bonchev–Trinajstić information content (AvgIpc) is 2.53. The van der Waals surface area contributed by atoms with Gasteiger partial charge in [-0.15, -0.1) is 0 Å². The van der Waals surface area contributed by atoms with E-state index in [4.69, 9.17) is 0 Å². The molecule has 132 valence electrons. The molecule has 1 aromatic rings. The molecule has 1 aliphatic heterocycles. The van der Waals surface area contributed by atoms with Crippen LogP contribution in [-0.2, 0) is 5.41 Å². The summed E-state index contributed by atoms with van der Waals surface area (Å²) in [4.78, 5) is 2.29. The van der Waals surface area contributed by atoms with Gasteiger partial charge < -0.3 is 4.90 Å². The Balaban J connectivity index is 2.20. The van der Waals surface area contributed by atoms with Gasteiger partial charge in [0.15, 0.2) is 0 Å². The highest BCUT2D eigenvalue weighted by Crippen LogP contribution is 2.56. The Kier molecular flexibility index (Phi) is 4.31. The van der Waals surface area contributed by atoms with Gasteiger partial charge in [0.1, 0.15) is 0 Å². The minimum atomic E-state index is -4.25. The molecule has 0 spiro atoms. The Morgan fingerprint density at radius 3 is 2.42 bits per heavy atom. The van der Waals surface area contributed by atoms with Crippen molar-refractivity contribution in [1.82, 2.24) is 4.90 Å². The van der Waals surface area contributed by atoms with Crippen LogP contribution in [0.3, 0.4) is 0 Å². The zero-order chi connectivity index (χ0) is 17.6. The number of hydrogen-bond acceptors (Lipinski definition) is 1. The molecule has 1 fully saturated rings. The standard InChI is InChI=1S/C20H26F3N/c1-4-24-11-10-17-18(2,3)12-16(20(21,22)23)13-19(17,14-24)15-8-6-5-7-9-15/h5-9,13,17H,4,10-12,14H2,1-3H3/t17-,19+/m0/s1. The zero-order valence-corrected chi connectivity index (χ0v) is 14.7. The van der Waals surface area contributed by atoms with Gasteiger partial charge in [-0.05, 0) is 42.8 Å². The van der Waals surface area contributed by atoms with Crippen molar-refractivity contribution in [3.8, 4) is 0 Å². The third-order valence-corrected chi connectivity index (χ3v) is 5.98. The van der Waals surface area contributed by atoms with Crippen LogP contribution in [0, 0.1) is 11.3 Å². The molecule has 1 nitrogen and oxygen atoms in total. The van der Waals surface area contributed by atoms with Gasteiger partial charge in [0.25, 0.3) is 0 Å². The van der Waals surface area contributed by atoms with Crippen LogP contribution in [0.4, 0.5) is 13.2 Å². The number of nitrogens with zero attached hydrogens (tertiary/aromatic N) is 1. The predicted molar refractivity (Wildman–Crippen MR) is 90.9 cm³/mol. The van der Waals surface area contributed by atoms with Crippen molar-refractivity contribution < 1.29 is 13.2 Å². The van der Waals surface area contributed by atoms with Gasteiger partial charge in [0, 0.05) is 17.5 Å². The van der Waals surface area contributed by atoms with Crippen molar-refractivity contribution in [2.75, 3.05) is 19.6 Å². The minimum Gasteiger partial charge on any atom is -0.302 e. The predicted octanol–water partition coefficient (Wildman–Crippen LogP) is 5.18. The number of benzene rings is 1. The van der Waals surface area contributed by atoms with Gasteiger partial charge in [-0.1, -0.05) is 57.2 Å². The van der Waals surface area contributed by atoms with E-state index in [1.807, 2.05) is 44.2 Å². The lowest BCUT2D eigenvalue weighted by Crippen LogP contribution is -2.57. The largest absolute Gasteiger partial charge is 0.412 e. The summed E-state index contributed by atoms with van der Waals surface area (Å²) in [7, 11) is 0. The molecule has 0 amide bonds. The first-order chi connectivity index (χ1) is 11.2. The van der Waals surface area contributed by atoms with E-state index in [1.165, 1.54) is 0 Å². The monoisotopic (exact) mass is 337 g/mol. The van der Waals surface area contributed by atoms with E-state index in [1.54, 1.807) is 6.08 Å². The fraction of sp³-hybridized carbons (Fsp3) is 0.600. The number of hydrogen-bond donors (Lipinski definition) is 0. The maximum Gasteiger partial charge on any atom is 0.412 e. The summed E-state index contributed by atoms with van der Waals surface area (Å²) in [5.41, 5.74) is -0.259. The molecule has 1 aliphatic carbocycles. The SMILES string of the molecule is CCN1CC[C@H]2C(C)(C)CC(C(F)(F)F)=C[C@]2(c2ccccc2)C1. The Morgan fingerprint density at radius 2 is 1.83 bits per heavy atom. The van der Waals surface area contributed by atoms with Gasteiger partial charge in [-0.25, -0.2) is 0 Å². The summed E-state index contributed by atoms with van der Waals surface area (Å²) in [5, 5.41) is 0. The first kappa shape index (κ1) is 17.5. The fourth-order valence-corrected chi connectivity index (χ4v) is 4.91. The second kappa shape index (κ2) is 5.91.